The molecule has 4 aromatic rings. The SMILES string of the molecule is O=C(OCCC(=O)N(CCNCCc1ccc(O)c2[nH]c(=O)sc12)C1CCCCC1)N(CCc1cccc(F)c1)Cc1ccccc1. The maximum atomic E-state index is 13.7. The van der Waals surface area contributed by atoms with E-state index in [4.69, 9.17) is 4.74 Å². The Hall–Kier alpha value is -4.22. The van der Waals surface area contributed by atoms with E-state index in [2.05, 4.69) is 10.3 Å². The fourth-order valence-electron chi connectivity index (χ4n) is 6.18. The summed E-state index contributed by atoms with van der Waals surface area (Å²) in [5.74, 6) is -0.279. The van der Waals surface area contributed by atoms with Gasteiger partial charge in [0.2, 0.25) is 5.91 Å². The first-order chi connectivity index (χ1) is 22.9. The number of carbonyl (C=O) groups excluding carboxylic acids is 2. The van der Waals surface area contributed by atoms with Crippen LogP contribution in [0.15, 0.2) is 71.5 Å². The number of phenols is 1. The molecular weight excluding hydrogens is 619 g/mol. The van der Waals surface area contributed by atoms with Crippen LogP contribution in [0.25, 0.3) is 10.2 Å². The summed E-state index contributed by atoms with van der Waals surface area (Å²) in [6.45, 7) is 2.50. The van der Waals surface area contributed by atoms with Crippen molar-refractivity contribution in [2.75, 3.05) is 32.8 Å². The van der Waals surface area contributed by atoms with Gasteiger partial charge in [-0.15, -0.1) is 0 Å². The highest BCUT2D eigenvalue weighted by Gasteiger charge is 2.25. The van der Waals surface area contributed by atoms with Crippen LogP contribution in [0.1, 0.15) is 55.2 Å². The Bertz CT molecular complexity index is 1670. The van der Waals surface area contributed by atoms with E-state index in [1.807, 2.05) is 47.4 Å². The zero-order valence-electron chi connectivity index (χ0n) is 26.6. The van der Waals surface area contributed by atoms with Crippen molar-refractivity contribution < 1.29 is 23.8 Å². The molecular formula is C36H43FN4O5S. The molecule has 47 heavy (non-hydrogen) atoms. The van der Waals surface area contributed by atoms with Crippen molar-refractivity contribution in [3.8, 4) is 5.75 Å². The van der Waals surface area contributed by atoms with E-state index in [1.54, 1.807) is 17.0 Å². The number of ether oxygens (including phenoxy) is 1. The standard InChI is InChI=1S/C36H43FN4O5S/c37-29-11-7-10-26(24-29)17-21-40(25-27-8-3-1-4-9-27)36(45)46-23-18-32(43)41(30-12-5-2-6-13-30)22-20-38-19-16-28-14-15-31(42)33-34(28)47-35(44)39-33/h1,3-4,7-11,14-15,24,30,38,42H,2,5-6,12-13,16-23,25H2,(H,39,44). The number of nitrogens with zero attached hydrogens (tertiary/aromatic N) is 2. The van der Waals surface area contributed by atoms with Crippen LogP contribution in [0.2, 0.25) is 0 Å². The summed E-state index contributed by atoms with van der Waals surface area (Å²) in [5, 5.41) is 13.5. The Balaban J connectivity index is 1.13. The van der Waals surface area contributed by atoms with Gasteiger partial charge >= 0.3 is 11.0 Å². The molecule has 1 fully saturated rings. The number of fused-ring (bicyclic) bond motifs is 1. The van der Waals surface area contributed by atoms with Crippen molar-refractivity contribution in [2.24, 2.45) is 0 Å². The number of nitrogens with one attached hydrogen (secondary N) is 2. The lowest BCUT2D eigenvalue weighted by molar-refractivity contribution is -0.134. The number of carbonyl (C=O) groups is 2. The van der Waals surface area contributed by atoms with Crippen molar-refractivity contribution in [3.63, 3.8) is 0 Å². The monoisotopic (exact) mass is 662 g/mol. The number of aromatic hydroxyl groups is 1. The number of benzene rings is 3. The fraction of sp³-hybridized carbons (Fsp3) is 0.417. The van der Waals surface area contributed by atoms with Crippen LogP contribution >= 0.6 is 11.3 Å². The maximum absolute atomic E-state index is 13.7. The number of thiazole rings is 1. The number of halogens is 1. The fourth-order valence-corrected chi connectivity index (χ4v) is 7.07. The van der Waals surface area contributed by atoms with Crippen LogP contribution < -0.4 is 10.2 Å². The number of hydrogen-bond acceptors (Lipinski definition) is 7. The minimum absolute atomic E-state index is 0.0179. The molecule has 11 heteroatoms. The first-order valence-electron chi connectivity index (χ1n) is 16.4. The van der Waals surface area contributed by atoms with Gasteiger partial charge in [-0.25, -0.2) is 9.18 Å². The molecule has 1 aliphatic carbocycles. The predicted octanol–water partition coefficient (Wildman–Crippen LogP) is 6.00. The highest BCUT2D eigenvalue weighted by atomic mass is 32.1. The molecule has 250 valence electrons. The third-order valence-corrected chi connectivity index (χ3v) is 9.61. The molecule has 0 bridgehead atoms. The number of amides is 2. The number of H-pyrrole nitrogens is 1. The molecule has 1 aromatic heterocycles. The zero-order chi connectivity index (χ0) is 33.0. The first kappa shape index (κ1) is 34.1. The third kappa shape index (κ3) is 9.89. The maximum Gasteiger partial charge on any atom is 0.410 e. The third-order valence-electron chi connectivity index (χ3n) is 8.65. The Kier molecular flexibility index (Phi) is 12.4. The van der Waals surface area contributed by atoms with E-state index in [-0.39, 0.29) is 41.4 Å². The lowest BCUT2D eigenvalue weighted by atomic mass is 9.94. The van der Waals surface area contributed by atoms with Crippen molar-refractivity contribution in [1.29, 1.82) is 0 Å². The number of rotatable bonds is 15. The van der Waals surface area contributed by atoms with E-state index in [1.165, 1.54) is 18.6 Å². The summed E-state index contributed by atoms with van der Waals surface area (Å²) < 4.78 is 20.1. The van der Waals surface area contributed by atoms with Crippen molar-refractivity contribution in [3.05, 3.63) is 98.9 Å². The van der Waals surface area contributed by atoms with Gasteiger partial charge in [0.1, 0.15) is 23.7 Å². The van der Waals surface area contributed by atoms with Crippen LogP contribution in [0.4, 0.5) is 9.18 Å². The topological polar surface area (TPSA) is 115 Å². The summed E-state index contributed by atoms with van der Waals surface area (Å²) >= 11 is 1.09. The van der Waals surface area contributed by atoms with Crippen molar-refractivity contribution in [2.45, 2.75) is 64.0 Å². The van der Waals surface area contributed by atoms with Crippen LogP contribution in [-0.4, -0.2) is 70.7 Å². The molecule has 2 amide bonds. The zero-order valence-corrected chi connectivity index (χ0v) is 27.4. The van der Waals surface area contributed by atoms with Gasteiger partial charge in [-0.05, 0) is 67.1 Å². The minimum atomic E-state index is -0.500. The lowest BCUT2D eigenvalue weighted by Gasteiger charge is -2.34. The summed E-state index contributed by atoms with van der Waals surface area (Å²) in [4.78, 5) is 44.6. The smallest absolute Gasteiger partial charge is 0.410 e. The molecule has 9 nitrogen and oxygen atoms in total. The highest BCUT2D eigenvalue weighted by molar-refractivity contribution is 7.16. The summed E-state index contributed by atoms with van der Waals surface area (Å²) in [7, 11) is 0. The van der Waals surface area contributed by atoms with Crippen LogP contribution in [0.3, 0.4) is 0 Å². The van der Waals surface area contributed by atoms with E-state index >= 15 is 0 Å². The normalized spacial score (nSPS) is 13.5. The molecule has 5 rings (SSSR count). The Morgan fingerprint density at radius 1 is 0.957 bits per heavy atom. The average Bonchev–Trinajstić information content (AvgIpc) is 3.49. The van der Waals surface area contributed by atoms with Gasteiger partial charge in [0, 0.05) is 32.2 Å². The number of aromatic nitrogens is 1. The first-order valence-corrected chi connectivity index (χ1v) is 17.2. The molecule has 0 saturated heterocycles. The van der Waals surface area contributed by atoms with Gasteiger partial charge in [-0.3, -0.25) is 9.59 Å². The second kappa shape index (κ2) is 17.1. The molecule has 0 atom stereocenters. The quantitative estimate of drug-likeness (QED) is 0.135. The van der Waals surface area contributed by atoms with Crippen LogP contribution in [0, 0.1) is 5.82 Å². The predicted molar refractivity (Wildman–Crippen MR) is 182 cm³/mol. The molecule has 0 unspecified atom stereocenters. The van der Waals surface area contributed by atoms with Gasteiger partial charge in [0.05, 0.1) is 11.1 Å². The minimum Gasteiger partial charge on any atom is -0.506 e. The van der Waals surface area contributed by atoms with E-state index in [0.29, 0.717) is 51.1 Å². The molecule has 1 saturated carbocycles. The summed E-state index contributed by atoms with van der Waals surface area (Å²) in [6, 6.07) is 19.6. The summed E-state index contributed by atoms with van der Waals surface area (Å²) in [6.07, 6.45) is 6.04. The lowest BCUT2D eigenvalue weighted by Crippen LogP contribution is -2.45. The van der Waals surface area contributed by atoms with Gasteiger partial charge in [-0.2, -0.15) is 0 Å². The number of phenolic OH excluding ortho intramolecular Hbond substituents is 1. The van der Waals surface area contributed by atoms with Gasteiger partial charge in [-0.1, -0.05) is 79.1 Å². The molecule has 1 aliphatic rings. The average molecular weight is 663 g/mol. The largest absolute Gasteiger partial charge is 0.506 e. The van der Waals surface area contributed by atoms with Gasteiger partial charge < -0.3 is 29.9 Å². The number of aromatic amines is 1. The van der Waals surface area contributed by atoms with Crippen LogP contribution in [-0.2, 0) is 28.9 Å². The number of hydrogen-bond donors (Lipinski definition) is 3. The van der Waals surface area contributed by atoms with Gasteiger partial charge in [0.25, 0.3) is 0 Å². The second-order valence-electron chi connectivity index (χ2n) is 12.0. The van der Waals surface area contributed by atoms with E-state index < -0.39 is 6.09 Å². The molecule has 1 heterocycles. The van der Waals surface area contributed by atoms with Crippen molar-refractivity contribution >= 4 is 33.6 Å². The molecule has 0 spiro atoms. The highest BCUT2D eigenvalue weighted by Crippen LogP contribution is 2.28. The Morgan fingerprint density at radius 3 is 2.53 bits per heavy atom. The van der Waals surface area contributed by atoms with E-state index in [9.17, 15) is 23.9 Å². The van der Waals surface area contributed by atoms with Crippen molar-refractivity contribution in [1.82, 2.24) is 20.1 Å². The molecule has 3 aromatic carbocycles. The summed E-state index contributed by atoms with van der Waals surface area (Å²) in [5.41, 5.74) is 3.20. The van der Waals surface area contributed by atoms with Gasteiger partial charge in [0.15, 0.2) is 0 Å². The Labute approximate surface area is 278 Å². The van der Waals surface area contributed by atoms with Crippen LogP contribution in [0.5, 0.6) is 5.75 Å². The molecule has 0 aliphatic heterocycles. The second-order valence-corrected chi connectivity index (χ2v) is 13.0. The molecule has 0 radical (unpaired) electrons. The van der Waals surface area contributed by atoms with E-state index in [0.717, 1.165) is 58.4 Å². The molecule has 3 N–H and O–H groups in total. The Morgan fingerprint density at radius 2 is 1.74 bits per heavy atom.